The van der Waals surface area contributed by atoms with E-state index in [1.807, 2.05) is 63.9 Å². The summed E-state index contributed by atoms with van der Waals surface area (Å²) in [6.45, 7) is 9.27. The predicted molar refractivity (Wildman–Crippen MR) is 96.8 cm³/mol. The van der Waals surface area contributed by atoms with Crippen LogP contribution in [0, 0.1) is 0 Å². The minimum Gasteiger partial charge on any atom is -0.357 e. The van der Waals surface area contributed by atoms with Gasteiger partial charge in [-0.2, -0.15) is 0 Å². The molecule has 0 unspecified atom stereocenters. The number of rotatable bonds is 5. The Morgan fingerprint density at radius 1 is 1.30 bits per heavy atom. The van der Waals surface area contributed by atoms with Gasteiger partial charge >= 0.3 is 0 Å². The van der Waals surface area contributed by atoms with Gasteiger partial charge in [0.25, 0.3) is 0 Å². The molecular weight excluding hydrogens is 312 g/mol. The number of nitrogens with zero attached hydrogens (tertiary/aromatic N) is 2. The minimum atomic E-state index is -0.256. The highest BCUT2D eigenvalue weighted by molar-refractivity contribution is 6.31. The lowest BCUT2D eigenvalue weighted by Crippen LogP contribution is -2.43. The number of hydrogen-bond donors (Lipinski definition) is 2. The van der Waals surface area contributed by atoms with Crippen LogP contribution in [0.1, 0.15) is 33.3 Å². The molecule has 0 fully saturated rings. The molecule has 5 nitrogen and oxygen atoms in total. The van der Waals surface area contributed by atoms with E-state index in [9.17, 15) is 4.79 Å². The van der Waals surface area contributed by atoms with Crippen molar-refractivity contribution in [2.45, 2.75) is 39.8 Å². The number of halogens is 1. The standard InChI is InChI=1S/C17H27ClN4O/c1-6-19-16(20-11-15(23)21-17(2,3)4)22(5)12-13-9-7-8-10-14(13)18/h7-10H,6,11-12H2,1-5H3,(H,19,20)(H,21,23). The lowest BCUT2D eigenvalue weighted by Gasteiger charge is -2.23. The van der Waals surface area contributed by atoms with Gasteiger partial charge in [-0.05, 0) is 39.3 Å². The van der Waals surface area contributed by atoms with E-state index in [0.29, 0.717) is 12.5 Å². The molecule has 0 saturated carbocycles. The number of aliphatic imine (C=N–C) groups is 1. The Balaban J connectivity index is 2.74. The monoisotopic (exact) mass is 338 g/mol. The molecule has 0 saturated heterocycles. The number of benzene rings is 1. The fourth-order valence-corrected chi connectivity index (χ4v) is 2.23. The topological polar surface area (TPSA) is 56.7 Å². The smallest absolute Gasteiger partial charge is 0.242 e. The molecule has 0 radical (unpaired) electrons. The molecular formula is C17H27ClN4O. The van der Waals surface area contributed by atoms with E-state index in [-0.39, 0.29) is 18.0 Å². The molecule has 0 aliphatic carbocycles. The number of nitrogens with one attached hydrogen (secondary N) is 2. The summed E-state index contributed by atoms with van der Waals surface area (Å²) in [5.41, 5.74) is 0.760. The van der Waals surface area contributed by atoms with Crippen LogP contribution in [-0.4, -0.2) is 42.4 Å². The lowest BCUT2D eigenvalue weighted by molar-refractivity contribution is -0.121. The number of guanidine groups is 1. The summed E-state index contributed by atoms with van der Waals surface area (Å²) in [7, 11) is 1.92. The maximum absolute atomic E-state index is 11.9. The Kier molecular flexibility index (Phi) is 7.36. The molecule has 128 valence electrons. The third-order valence-electron chi connectivity index (χ3n) is 2.95. The van der Waals surface area contributed by atoms with Crippen LogP contribution < -0.4 is 10.6 Å². The fourth-order valence-electron chi connectivity index (χ4n) is 2.03. The van der Waals surface area contributed by atoms with Gasteiger partial charge in [0.15, 0.2) is 5.96 Å². The Morgan fingerprint density at radius 3 is 2.52 bits per heavy atom. The molecule has 1 aromatic rings. The van der Waals surface area contributed by atoms with Crippen molar-refractivity contribution in [2.24, 2.45) is 4.99 Å². The van der Waals surface area contributed by atoms with E-state index in [1.165, 1.54) is 0 Å². The second-order valence-electron chi connectivity index (χ2n) is 6.42. The van der Waals surface area contributed by atoms with Gasteiger partial charge in [0.1, 0.15) is 6.54 Å². The molecule has 0 atom stereocenters. The SMILES string of the molecule is CCNC(=NCC(=O)NC(C)(C)C)N(C)Cc1ccccc1Cl. The first-order chi connectivity index (χ1) is 10.7. The summed E-state index contributed by atoms with van der Waals surface area (Å²) < 4.78 is 0. The molecule has 1 aromatic carbocycles. The largest absolute Gasteiger partial charge is 0.357 e. The van der Waals surface area contributed by atoms with E-state index in [2.05, 4.69) is 15.6 Å². The molecule has 1 amide bonds. The van der Waals surface area contributed by atoms with Gasteiger partial charge < -0.3 is 15.5 Å². The van der Waals surface area contributed by atoms with Crippen molar-refractivity contribution in [1.82, 2.24) is 15.5 Å². The van der Waals surface area contributed by atoms with Crippen LogP contribution in [0.25, 0.3) is 0 Å². The van der Waals surface area contributed by atoms with Crippen LogP contribution in [0.2, 0.25) is 5.02 Å². The van der Waals surface area contributed by atoms with Crippen molar-refractivity contribution in [1.29, 1.82) is 0 Å². The summed E-state index contributed by atoms with van der Waals surface area (Å²) >= 11 is 6.20. The van der Waals surface area contributed by atoms with Crippen LogP contribution >= 0.6 is 11.6 Å². The first-order valence-electron chi connectivity index (χ1n) is 7.77. The number of carbonyl (C=O) groups excluding carboxylic acids is 1. The minimum absolute atomic E-state index is 0.0897. The molecule has 0 aliphatic heterocycles. The maximum Gasteiger partial charge on any atom is 0.242 e. The van der Waals surface area contributed by atoms with Crippen molar-refractivity contribution in [3.05, 3.63) is 34.9 Å². The van der Waals surface area contributed by atoms with Gasteiger partial charge in [0, 0.05) is 30.7 Å². The lowest BCUT2D eigenvalue weighted by atomic mass is 10.1. The zero-order valence-electron chi connectivity index (χ0n) is 14.6. The Hall–Kier alpha value is -1.75. The normalized spacial score (nSPS) is 12.0. The van der Waals surface area contributed by atoms with Gasteiger partial charge in [-0.1, -0.05) is 29.8 Å². The van der Waals surface area contributed by atoms with Crippen molar-refractivity contribution < 1.29 is 4.79 Å². The Bertz CT molecular complexity index is 552. The first-order valence-corrected chi connectivity index (χ1v) is 8.14. The Labute approximate surface area is 144 Å². The average Bonchev–Trinajstić information content (AvgIpc) is 2.44. The van der Waals surface area contributed by atoms with Gasteiger partial charge in [0.05, 0.1) is 0 Å². The highest BCUT2D eigenvalue weighted by atomic mass is 35.5. The average molecular weight is 339 g/mol. The quantitative estimate of drug-likeness (QED) is 0.641. The summed E-state index contributed by atoms with van der Waals surface area (Å²) in [5, 5.41) is 6.82. The maximum atomic E-state index is 11.9. The summed E-state index contributed by atoms with van der Waals surface area (Å²) in [4.78, 5) is 18.3. The zero-order chi connectivity index (χ0) is 17.5. The number of carbonyl (C=O) groups is 1. The molecule has 0 bridgehead atoms. The molecule has 0 aromatic heterocycles. The first kappa shape index (κ1) is 19.3. The van der Waals surface area contributed by atoms with Gasteiger partial charge in [0.2, 0.25) is 5.91 Å². The Morgan fingerprint density at radius 2 is 1.96 bits per heavy atom. The molecule has 0 heterocycles. The van der Waals surface area contributed by atoms with Gasteiger partial charge in [-0.25, -0.2) is 4.99 Å². The highest BCUT2D eigenvalue weighted by Gasteiger charge is 2.14. The molecule has 1 rings (SSSR count). The zero-order valence-corrected chi connectivity index (χ0v) is 15.4. The van der Waals surface area contributed by atoms with Crippen LogP contribution in [0.4, 0.5) is 0 Å². The summed E-state index contributed by atoms with van der Waals surface area (Å²) in [5.74, 6) is 0.579. The summed E-state index contributed by atoms with van der Waals surface area (Å²) in [6.07, 6.45) is 0. The molecule has 6 heteroatoms. The van der Waals surface area contributed by atoms with Crippen LogP contribution in [0.15, 0.2) is 29.3 Å². The van der Waals surface area contributed by atoms with E-state index < -0.39 is 0 Å². The predicted octanol–water partition coefficient (Wildman–Crippen LogP) is 2.65. The van der Waals surface area contributed by atoms with Crippen LogP contribution in [0.3, 0.4) is 0 Å². The van der Waals surface area contributed by atoms with Gasteiger partial charge in [-0.15, -0.1) is 0 Å². The van der Waals surface area contributed by atoms with Crippen LogP contribution in [-0.2, 0) is 11.3 Å². The van der Waals surface area contributed by atoms with E-state index in [0.717, 1.165) is 17.1 Å². The summed E-state index contributed by atoms with van der Waals surface area (Å²) in [6, 6.07) is 7.71. The molecule has 23 heavy (non-hydrogen) atoms. The molecule has 0 spiro atoms. The number of hydrogen-bond acceptors (Lipinski definition) is 2. The third-order valence-corrected chi connectivity index (χ3v) is 3.32. The van der Waals surface area contributed by atoms with Gasteiger partial charge in [-0.3, -0.25) is 4.79 Å². The second-order valence-corrected chi connectivity index (χ2v) is 6.82. The van der Waals surface area contributed by atoms with E-state index >= 15 is 0 Å². The van der Waals surface area contributed by atoms with Crippen molar-refractivity contribution >= 4 is 23.5 Å². The van der Waals surface area contributed by atoms with Crippen LogP contribution in [0.5, 0.6) is 0 Å². The van der Waals surface area contributed by atoms with E-state index in [4.69, 9.17) is 11.6 Å². The fraction of sp³-hybridized carbons (Fsp3) is 0.529. The van der Waals surface area contributed by atoms with Crippen molar-refractivity contribution in [3.63, 3.8) is 0 Å². The van der Waals surface area contributed by atoms with E-state index in [1.54, 1.807) is 0 Å². The second kappa shape index (κ2) is 8.77. The molecule has 2 N–H and O–H groups in total. The highest BCUT2D eigenvalue weighted by Crippen LogP contribution is 2.16. The van der Waals surface area contributed by atoms with Crippen molar-refractivity contribution in [3.8, 4) is 0 Å². The number of amides is 1. The third kappa shape index (κ3) is 7.37. The molecule has 0 aliphatic rings. The van der Waals surface area contributed by atoms with Crippen molar-refractivity contribution in [2.75, 3.05) is 20.1 Å².